The Bertz CT molecular complexity index is 593. The number of carboxylic acid groups (broad SMARTS) is 1. The number of benzene rings is 1. The zero-order valence-electron chi connectivity index (χ0n) is 12.3. The van der Waals surface area contributed by atoms with Gasteiger partial charge in [0, 0.05) is 12.6 Å². The van der Waals surface area contributed by atoms with Crippen LogP contribution >= 0.6 is 0 Å². The molecule has 0 aromatic heterocycles. The third kappa shape index (κ3) is 3.80. The van der Waals surface area contributed by atoms with Crippen molar-refractivity contribution >= 4 is 16.0 Å². The predicted octanol–water partition coefficient (Wildman–Crippen LogP) is 2.18. The number of carboxylic acids is 1. The average molecular weight is 299 g/mol. The van der Waals surface area contributed by atoms with Crippen LogP contribution in [0.5, 0.6) is 0 Å². The molecule has 0 spiro atoms. The Labute approximate surface area is 120 Å². The molecule has 6 heteroatoms. The molecule has 0 unspecified atom stereocenters. The van der Waals surface area contributed by atoms with Gasteiger partial charge in [-0.15, -0.1) is 0 Å². The van der Waals surface area contributed by atoms with Crippen LogP contribution in [0.25, 0.3) is 0 Å². The second-order valence-corrected chi connectivity index (χ2v) is 6.98. The van der Waals surface area contributed by atoms with Crippen molar-refractivity contribution in [1.29, 1.82) is 0 Å². The van der Waals surface area contributed by atoms with Gasteiger partial charge in [0.05, 0.1) is 11.3 Å². The summed E-state index contributed by atoms with van der Waals surface area (Å²) in [6.07, 6.45) is -0.206. The lowest BCUT2D eigenvalue weighted by molar-refractivity contribution is -0.137. The monoisotopic (exact) mass is 299 g/mol. The van der Waals surface area contributed by atoms with E-state index in [1.165, 1.54) is 4.31 Å². The Balaban J connectivity index is 3.19. The van der Waals surface area contributed by atoms with E-state index >= 15 is 0 Å². The van der Waals surface area contributed by atoms with Gasteiger partial charge in [-0.2, -0.15) is 4.31 Å². The molecule has 0 bridgehead atoms. The van der Waals surface area contributed by atoms with Crippen molar-refractivity contribution in [1.82, 2.24) is 4.31 Å². The maximum atomic E-state index is 12.7. The zero-order chi connectivity index (χ0) is 15.5. The van der Waals surface area contributed by atoms with Crippen LogP contribution in [-0.2, 0) is 14.8 Å². The van der Waals surface area contributed by atoms with Crippen molar-refractivity contribution in [3.63, 3.8) is 0 Å². The van der Waals surface area contributed by atoms with Gasteiger partial charge in [0.15, 0.2) is 0 Å². The molecule has 0 radical (unpaired) electrons. The molecule has 0 atom stereocenters. The van der Waals surface area contributed by atoms with Gasteiger partial charge in [0.25, 0.3) is 0 Å². The van der Waals surface area contributed by atoms with Crippen molar-refractivity contribution in [2.75, 3.05) is 6.54 Å². The third-order valence-electron chi connectivity index (χ3n) is 3.04. The summed E-state index contributed by atoms with van der Waals surface area (Å²) in [5.74, 6) is -1.01. The third-order valence-corrected chi connectivity index (χ3v) is 5.27. The zero-order valence-corrected chi connectivity index (χ0v) is 13.1. The van der Waals surface area contributed by atoms with Crippen molar-refractivity contribution in [2.45, 2.75) is 45.1 Å². The lowest BCUT2D eigenvalue weighted by Crippen LogP contribution is -2.38. The van der Waals surface area contributed by atoms with E-state index in [-0.39, 0.29) is 23.9 Å². The quantitative estimate of drug-likeness (QED) is 0.873. The number of aryl methyl sites for hydroxylation is 2. The Morgan fingerprint density at radius 1 is 1.30 bits per heavy atom. The van der Waals surface area contributed by atoms with Gasteiger partial charge in [0.1, 0.15) is 0 Å². The van der Waals surface area contributed by atoms with E-state index in [1.807, 2.05) is 13.0 Å². The number of carbonyl (C=O) groups is 1. The van der Waals surface area contributed by atoms with Crippen LogP contribution in [0, 0.1) is 13.8 Å². The Hall–Kier alpha value is -1.40. The number of aliphatic carboxylic acids is 1. The molecular weight excluding hydrogens is 278 g/mol. The van der Waals surface area contributed by atoms with E-state index in [0.29, 0.717) is 5.56 Å². The van der Waals surface area contributed by atoms with Crippen molar-refractivity contribution in [3.8, 4) is 0 Å². The molecule has 5 nitrogen and oxygen atoms in total. The number of hydrogen-bond donors (Lipinski definition) is 1. The topological polar surface area (TPSA) is 74.7 Å². The SMILES string of the molecule is Cc1ccc(S(=O)(=O)N(CCC(=O)O)C(C)C)c(C)c1. The average Bonchev–Trinajstić information content (AvgIpc) is 2.26. The number of nitrogens with zero attached hydrogens (tertiary/aromatic N) is 1. The van der Waals surface area contributed by atoms with Crippen LogP contribution in [0.15, 0.2) is 23.1 Å². The molecule has 1 rings (SSSR count). The minimum atomic E-state index is -3.67. The van der Waals surface area contributed by atoms with E-state index < -0.39 is 16.0 Å². The Morgan fingerprint density at radius 2 is 1.90 bits per heavy atom. The maximum Gasteiger partial charge on any atom is 0.304 e. The summed E-state index contributed by atoms with van der Waals surface area (Å²) in [5, 5.41) is 8.75. The first-order chi connectivity index (χ1) is 9.16. The molecule has 1 aromatic carbocycles. The van der Waals surface area contributed by atoms with Gasteiger partial charge < -0.3 is 5.11 Å². The summed E-state index contributed by atoms with van der Waals surface area (Å²) in [7, 11) is -3.67. The highest BCUT2D eigenvalue weighted by molar-refractivity contribution is 7.89. The first kappa shape index (κ1) is 16.7. The van der Waals surface area contributed by atoms with Gasteiger partial charge >= 0.3 is 5.97 Å². The van der Waals surface area contributed by atoms with E-state index in [9.17, 15) is 13.2 Å². The molecular formula is C14H21NO4S. The second kappa shape index (κ2) is 6.37. The Kier molecular flexibility index (Phi) is 5.30. The van der Waals surface area contributed by atoms with Gasteiger partial charge in [0.2, 0.25) is 10.0 Å². The summed E-state index contributed by atoms with van der Waals surface area (Å²) < 4.78 is 26.5. The van der Waals surface area contributed by atoms with Gasteiger partial charge in [-0.25, -0.2) is 8.42 Å². The van der Waals surface area contributed by atoms with Crippen LogP contribution in [0.2, 0.25) is 0 Å². The van der Waals surface area contributed by atoms with Crippen molar-refractivity contribution in [3.05, 3.63) is 29.3 Å². The Morgan fingerprint density at radius 3 is 2.35 bits per heavy atom. The molecule has 0 heterocycles. The molecule has 0 fully saturated rings. The molecule has 20 heavy (non-hydrogen) atoms. The smallest absolute Gasteiger partial charge is 0.304 e. The molecule has 0 saturated carbocycles. The lowest BCUT2D eigenvalue weighted by Gasteiger charge is -2.26. The summed E-state index contributed by atoms with van der Waals surface area (Å²) in [6, 6.07) is 4.84. The number of hydrogen-bond acceptors (Lipinski definition) is 3. The van der Waals surface area contributed by atoms with Gasteiger partial charge in [-0.1, -0.05) is 17.7 Å². The fraction of sp³-hybridized carbons (Fsp3) is 0.500. The minimum absolute atomic E-state index is 0.0251. The summed E-state index contributed by atoms with van der Waals surface area (Å²) in [4.78, 5) is 10.9. The van der Waals surface area contributed by atoms with Crippen LogP contribution in [0.1, 0.15) is 31.4 Å². The van der Waals surface area contributed by atoms with Gasteiger partial charge in [-0.05, 0) is 39.3 Å². The molecule has 1 N–H and O–H groups in total. The largest absolute Gasteiger partial charge is 0.481 e. The molecule has 0 saturated heterocycles. The molecule has 0 aliphatic rings. The molecule has 0 aliphatic carbocycles. The van der Waals surface area contributed by atoms with E-state index in [4.69, 9.17) is 5.11 Å². The van der Waals surface area contributed by atoms with E-state index in [2.05, 4.69) is 0 Å². The summed E-state index contributed by atoms with van der Waals surface area (Å²) >= 11 is 0. The predicted molar refractivity (Wildman–Crippen MR) is 77.2 cm³/mol. The maximum absolute atomic E-state index is 12.7. The van der Waals surface area contributed by atoms with Crippen LogP contribution < -0.4 is 0 Å². The normalized spacial score (nSPS) is 12.1. The van der Waals surface area contributed by atoms with Crippen LogP contribution in [0.4, 0.5) is 0 Å². The highest BCUT2D eigenvalue weighted by Gasteiger charge is 2.28. The highest BCUT2D eigenvalue weighted by atomic mass is 32.2. The van der Waals surface area contributed by atoms with E-state index in [1.54, 1.807) is 32.9 Å². The highest BCUT2D eigenvalue weighted by Crippen LogP contribution is 2.22. The van der Waals surface area contributed by atoms with Crippen LogP contribution in [0.3, 0.4) is 0 Å². The van der Waals surface area contributed by atoms with Crippen molar-refractivity contribution < 1.29 is 18.3 Å². The summed E-state index contributed by atoms with van der Waals surface area (Å²) in [6.45, 7) is 7.10. The van der Waals surface area contributed by atoms with Gasteiger partial charge in [-0.3, -0.25) is 4.79 Å². The van der Waals surface area contributed by atoms with Crippen LogP contribution in [-0.4, -0.2) is 36.4 Å². The number of sulfonamides is 1. The summed E-state index contributed by atoms with van der Waals surface area (Å²) in [5.41, 5.74) is 1.66. The molecule has 112 valence electrons. The van der Waals surface area contributed by atoms with Crippen molar-refractivity contribution in [2.24, 2.45) is 0 Å². The minimum Gasteiger partial charge on any atom is -0.481 e. The first-order valence-corrected chi connectivity index (χ1v) is 7.91. The molecule has 0 aliphatic heterocycles. The first-order valence-electron chi connectivity index (χ1n) is 6.47. The number of rotatable bonds is 6. The fourth-order valence-electron chi connectivity index (χ4n) is 2.08. The second-order valence-electron chi connectivity index (χ2n) is 5.12. The standard InChI is InChI=1S/C14H21NO4S/c1-10(2)15(8-7-14(16)17)20(18,19)13-6-5-11(3)9-12(13)4/h5-6,9-10H,7-8H2,1-4H3,(H,16,17). The fourth-order valence-corrected chi connectivity index (χ4v) is 3.92. The molecule has 1 aromatic rings. The molecule has 0 amide bonds. The van der Waals surface area contributed by atoms with E-state index in [0.717, 1.165) is 5.56 Å². The lowest BCUT2D eigenvalue weighted by atomic mass is 10.2.